The molecule has 6 unspecified atom stereocenters. The van der Waals surface area contributed by atoms with Gasteiger partial charge < -0.3 is 41.5 Å². The minimum atomic E-state index is -3.02. The molecule has 2 amide bonds. The quantitative estimate of drug-likeness (QED) is 0.128. The van der Waals surface area contributed by atoms with Crippen LogP contribution in [-0.2, 0) is 19.2 Å². The summed E-state index contributed by atoms with van der Waals surface area (Å²) in [6.45, 7) is 1.63. The molecule has 7 atom stereocenters. The lowest BCUT2D eigenvalue weighted by atomic mass is 9.54. The second-order valence-electron chi connectivity index (χ2n) is 12.3. The second kappa shape index (κ2) is 12.7. The van der Waals surface area contributed by atoms with Crippen LogP contribution < -0.4 is 16.0 Å². The molecule has 3 aliphatic rings. The molecule has 0 heterocycles. The zero-order valence-electron chi connectivity index (χ0n) is 26.1. The van der Waals surface area contributed by atoms with Crippen LogP contribution in [-0.4, -0.2) is 99.8 Å². The second-order valence-corrected chi connectivity index (χ2v) is 13.2. The fourth-order valence-corrected chi connectivity index (χ4v) is 7.43. The SMILES string of the molecule is Br.CC1c2ccc(NC(=O)C(Br)c3ccc(N(C)C)cc3)c(O)c2C(O)=C2C(=O)C3(O)C(O)=C(C(N)=O)C(=O)[C@@H](N(C)C)C3C(O)C21. The molecule has 0 aromatic heterocycles. The number of carbonyl (C=O) groups is 4. The van der Waals surface area contributed by atoms with Crippen molar-refractivity contribution in [1.82, 2.24) is 4.90 Å². The highest BCUT2D eigenvalue weighted by molar-refractivity contribution is 9.09. The molecule has 0 radical (unpaired) electrons. The van der Waals surface area contributed by atoms with Gasteiger partial charge in [0.25, 0.3) is 5.91 Å². The molecule has 47 heavy (non-hydrogen) atoms. The third-order valence-electron chi connectivity index (χ3n) is 9.32. The van der Waals surface area contributed by atoms with Crippen LogP contribution in [0.5, 0.6) is 5.75 Å². The number of aromatic hydroxyl groups is 1. The Bertz CT molecular complexity index is 1740. The number of alkyl halides is 1. The molecular weight excluding hydrogens is 744 g/mol. The predicted octanol–water partition coefficient (Wildman–Crippen LogP) is 2.21. The van der Waals surface area contributed by atoms with E-state index in [2.05, 4.69) is 21.2 Å². The summed E-state index contributed by atoms with van der Waals surface area (Å²) >= 11 is 3.37. The number of anilines is 2. The maximum Gasteiger partial charge on any atom is 0.255 e. The number of benzene rings is 2. The van der Waals surface area contributed by atoms with Gasteiger partial charge in [-0.2, -0.15) is 0 Å². The maximum atomic E-state index is 14.2. The van der Waals surface area contributed by atoms with Crippen LogP contribution in [0, 0.1) is 11.8 Å². The number of phenolic OH excluding ortho intramolecular Hbond substituents is 1. The molecule has 2 aromatic carbocycles. The molecule has 1 saturated carbocycles. The number of primary amides is 1. The number of phenols is 1. The van der Waals surface area contributed by atoms with E-state index in [0.717, 1.165) is 5.69 Å². The standard InChI is InChI=1S/C32H35BrN4O9.BrH/c1-12-15-10-11-16(35-31(45)22(33)13-6-8-14(9-7-13)36(2)3)24(38)18(15)25(39)19-17(12)26(40)21-23(37(4)5)27(41)20(30(34)44)29(43)32(21,46)28(19)42;/h6-12,17,21-23,26,38-40,43,46H,1-5H3,(H2,34,44)(H,35,45);1H/t12?,17?,21?,22?,23-,26?,32?;/m0./s1. The molecule has 5 rings (SSSR count). The summed E-state index contributed by atoms with van der Waals surface area (Å²) in [5, 5.41) is 60.1. The number of aliphatic hydroxyl groups is 4. The number of halogens is 2. The monoisotopic (exact) mass is 778 g/mol. The van der Waals surface area contributed by atoms with Crippen LogP contribution in [0.3, 0.4) is 0 Å². The van der Waals surface area contributed by atoms with Gasteiger partial charge in [0.15, 0.2) is 11.4 Å². The van der Waals surface area contributed by atoms with E-state index in [1.54, 1.807) is 19.1 Å². The van der Waals surface area contributed by atoms with E-state index >= 15 is 0 Å². The van der Waals surface area contributed by atoms with E-state index in [9.17, 15) is 44.7 Å². The number of nitrogens with zero attached hydrogens (tertiary/aromatic N) is 2. The molecule has 15 heteroatoms. The number of amides is 2. The molecule has 3 aliphatic carbocycles. The summed E-state index contributed by atoms with van der Waals surface area (Å²) in [5.41, 5.74) is 2.38. The summed E-state index contributed by atoms with van der Waals surface area (Å²) in [6.07, 6.45) is -1.70. The number of rotatable bonds is 6. The minimum Gasteiger partial charge on any atom is -0.508 e. The van der Waals surface area contributed by atoms with Crippen LogP contribution in [0.1, 0.15) is 34.4 Å². The number of hydrogen-bond donors (Lipinski definition) is 7. The van der Waals surface area contributed by atoms with Gasteiger partial charge in [-0.15, -0.1) is 17.0 Å². The number of nitrogens with two attached hydrogens (primary N) is 1. The number of ketones is 2. The Labute approximate surface area is 289 Å². The number of fused-ring (bicyclic) bond motifs is 3. The Balaban J connectivity index is 0.00000500. The number of carbonyl (C=O) groups excluding carboxylic acids is 4. The molecule has 0 bridgehead atoms. The third-order valence-corrected chi connectivity index (χ3v) is 10.3. The van der Waals surface area contributed by atoms with Gasteiger partial charge in [-0.05, 0) is 49.3 Å². The number of aliphatic hydroxyl groups excluding tert-OH is 3. The van der Waals surface area contributed by atoms with Gasteiger partial charge in [-0.3, -0.25) is 24.1 Å². The zero-order chi connectivity index (χ0) is 34.2. The van der Waals surface area contributed by atoms with E-state index in [4.69, 9.17) is 5.73 Å². The predicted molar refractivity (Wildman–Crippen MR) is 182 cm³/mol. The van der Waals surface area contributed by atoms with Gasteiger partial charge in [0.2, 0.25) is 11.7 Å². The molecular formula is C32H36Br2N4O9. The Morgan fingerprint density at radius 3 is 2.15 bits per heavy atom. The van der Waals surface area contributed by atoms with Crippen LogP contribution in [0.2, 0.25) is 0 Å². The van der Waals surface area contributed by atoms with Crippen molar-refractivity contribution in [2.75, 3.05) is 38.4 Å². The van der Waals surface area contributed by atoms with Gasteiger partial charge in [-0.25, -0.2) is 0 Å². The smallest absolute Gasteiger partial charge is 0.255 e. The van der Waals surface area contributed by atoms with Gasteiger partial charge in [-0.1, -0.05) is 41.1 Å². The summed E-state index contributed by atoms with van der Waals surface area (Å²) in [6, 6.07) is 8.71. The number of likely N-dealkylation sites (N-methyl/N-ethyl adjacent to an activating group) is 1. The highest BCUT2D eigenvalue weighted by Gasteiger charge is 2.68. The molecule has 0 spiro atoms. The largest absolute Gasteiger partial charge is 0.508 e. The summed E-state index contributed by atoms with van der Waals surface area (Å²) in [7, 11) is 6.64. The fourth-order valence-electron chi connectivity index (χ4n) is 7.01. The lowest BCUT2D eigenvalue weighted by Gasteiger charge is -2.53. The van der Waals surface area contributed by atoms with Gasteiger partial charge in [0, 0.05) is 31.3 Å². The Morgan fingerprint density at radius 1 is 1.02 bits per heavy atom. The summed E-state index contributed by atoms with van der Waals surface area (Å²) in [5.74, 6) is -10.5. The molecule has 8 N–H and O–H groups in total. The first-order valence-corrected chi connectivity index (χ1v) is 15.3. The number of Topliss-reactive ketones (excluding diaryl/α,β-unsaturated/α-hetero) is 2. The van der Waals surface area contributed by atoms with Gasteiger partial charge in [0.05, 0.1) is 29.3 Å². The van der Waals surface area contributed by atoms with Crippen molar-refractivity contribution in [1.29, 1.82) is 0 Å². The summed E-state index contributed by atoms with van der Waals surface area (Å²) in [4.78, 5) is 55.2. The van der Waals surface area contributed by atoms with E-state index in [0.29, 0.717) is 11.1 Å². The zero-order valence-corrected chi connectivity index (χ0v) is 29.4. The highest BCUT2D eigenvalue weighted by atomic mass is 79.9. The first-order valence-electron chi connectivity index (χ1n) is 14.4. The van der Waals surface area contributed by atoms with Crippen molar-refractivity contribution in [3.05, 3.63) is 70.0 Å². The molecule has 0 aliphatic heterocycles. The van der Waals surface area contributed by atoms with Gasteiger partial charge in [0.1, 0.15) is 27.7 Å². The Morgan fingerprint density at radius 2 is 1.62 bits per heavy atom. The van der Waals surface area contributed by atoms with Crippen LogP contribution in [0.15, 0.2) is 53.3 Å². The topological polar surface area (TPSA) is 214 Å². The maximum absolute atomic E-state index is 14.2. The van der Waals surface area contributed by atoms with E-state index < -0.39 is 92.1 Å². The van der Waals surface area contributed by atoms with E-state index in [1.807, 2.05) is 31.1 Å². The van der Waals surface area contributed by atoms with Crippen LogP contribution in [0.25, 0.3) is 5.76 Å². The molecule has 1 fully saturated rings. The lowest BCUT2D eigenvalue weighted by Crippen LogP contribution is -2.70. The van der Waals surface area contributed by atoms with Crippen molar-refractivity contribution in [3.63, 3.8) is 0 Å². The van der Waals surface area contributed by atoms with Crippen molar-refractivity contribution >= 4 is 73.4 Å². The van der Waals surface area contributed by atoms with Crippen LogP contribution in [0.4, 0.5) is 11.4 Å². The first-order chi connectivity index (χ1) is 21.5. The van der Waals surface area contributed by atoms with Crippen molar-refractivity contribution in [3.8, 4) is 5.75 Å². The number of nitrogens with one attached hydrogen (secondary N) is 1. The lowest BCUT2D eigenvalue weighted by molar-refractivity contribution is -0.169. The molecule has 252 valence electrons. The average Bonchev–Trinajstić information content (AvgIpc) is 2.99. The molecule has 2 aromatic rings. The minimum absolute atomic E-state index is 0. The van der Waals surface area contributed by atoms with Crippen molar-refractivity contribution in [2.24, 2.45) is 17.6 Å². The average molecular weight is 780 g/mol. The van der Waals surface area contributed by atoms with Gasteiger partial charge >= 0.3 is 0 Å². The highest BCUT2D eigenvalue weighted by Crippen LogP contribution is 2.56. The fraction of sp³-hybridized carbons (Fsp3) is 0.375. The number of hydrogen-bond acceptors (Lipinski definition) is 11. The third kappa shape index (κ3) is 5.33. The Hall–Kier alpha value is -3.76. The van der Waals surface area contributed by atoms with E-state index in [1.165, 1.54) is 31.1 Å². The Kier molecular flexibility index (Phi) is 9.74. The first kappa shape index (κ1) is 36.1. The van der Waals surface area contributed by atoms with Crippen molar-refractivity contribution < 1.29 is 44.7 Å². The summed E-state index contributed by atoms with van der Waals surface area (Å²) < 4.78 is 0. The molecule has 0 saturated heterocycles. The van der Waals surface area contributed by atoms with Crippen LogP contribution >= 0.6 is 32.9 Å². The normalized spacial score (nSPS) is 27.4. The van der Waals surface area contributed by atoms with Crippen molar-refractivity contribution in [2.45, 2.75) is 35.4 Å². The van der Waals surface area contributed by atoms with E-state index in [-0.39, 0.29) is 28.2 Å². The molecule has 13 nitrogen and oxygen atoms in total.